The Bertz CT molecular complexity index is 441. The Morgan fingerprint density at radius 2 is 2.22 bits per heavy atom. The zero-order chi connectivity index (χ0) is 13.4. The fraction of sp³-hybridized carbons (Fsp3) is 0.462. The maximum absolute atomic E-state index is 11.3. The van der Waals surface area contributed by atoms with Crippen LogP contribution in [0.2, 0.25) is 0 Å². The Morgan fingerprint density at radius 1 is 1.44 bits per heavy atom. The van der Waals surface area contributed by atoms with Crippen molar-refractivity contribution in [2.45, 2.75) is 32.8 Å². The van der Waals surface area contributed by atoms with Crippen molar-refractivity contribution in [3.63, 3.8) is 0 Å². The molecule has 0 unspecified atom stereocenters. The standard InChI is InChI=1S/C13H17N3O2/c1-13(2,3)18-12(17)16-7-5-4-6-11-10-14-8-9-15-11/h8-10H,5,7H2,1-3H3,(H,16,17). The van der Waals surface area contributed by atoms with Gasteiger partial charge in [0.15, 0.2) is 0 Å². The molecule has 1 aromatic heterocycles. The summed E-state index contributed by atoms with van der Waals surface area (Å²) in [6.07, 6.45) is 4.88. The van der Waals surface area contributed by atoms with Crippen molar-refractivity contribution in [3.8, 4) is 11.8 Å². The number of amides is 1. The monoisotopic (exact) mass is 247 g/mol. The fourth-order valence-corrected chi connectivity index (χ4v) is 1.06. The molecular formula is C13H17N3O2. The van der Waals surface area contributed by atoms with E-state index in [9.17, 15) is 4.79 Å². The molecule has 96 valence electrons. The van der Waals surface area contributed by atoms with Crippen LogP contribution in [0.5, 0.6) is 0 Å². The summed E-state index contributed by atoms with van der Waals surface area (Å²) in [4.78, 5) is 19.2. The van der Waals surface area contributed by atoms with Gasteiger partial charge in [-0.3, -0.25) is 4.98 Å². The number of carbonyl (C=O) groups excluding carboxylic acids is 1. The molecule has 0 aromatic carbocycles. The molecule has 0 spiro atoms. The number of nitrogens with one attached hydrogen (secondary N) is 1. The Kier molecular flexibility index (Phi) is 5.12. The predicted molar refractivity (Wildman–Crippen MR) is 67.8 cm³/mol. The van der Waals surface area contributed by atoms with E-state index in [1.54, 1.807) is 18.6 Å². The molecule has 0 radical (unpaired) electrons. The Hall–Kier alpha value is -2.09. The molecule has 18 heavy (non-hydrogen) atoms. The molecule has 1 rings (SSSR count). The Labute approximate surface area is 107 Å². The van der Waals surface area contributed by atoms with Crippen LogP contribution in [0.4, 0.5) is 4.79 Å². The third kappa shape index (κ3) is 6.48. The molecule has 1 amide bonds. The van der Waals surface area contributed by atoms with Gasteiger partial charge in [-0.1, -0.05) is 5.92 Å². The van der Waals surface area contributed by atoms with Gasteiger partial charge in [0.2, 0.25) is 0 Å². The number of hydrogen-bond acceptors (Lipinski definition) is 4. The fourth-order valence-electron chi connectivity index (χ4n) is 1.06. The molecule has 0 saturated heterocycles. The van der Waals surface area contributed by atoms with E-state index in [4.69, 9.17) is 4.74 Å². The van der Waals surface area contributed by atoms with Crippen LogP contribution in [0.25, 0.3) is 0 Å². The first-order chi connectivity index (χ1) is 8.47. The van der Waals surface area contributed by atoms with Crippen molar-refractivity contribution < 1.29 is 9.53 Å². The second-order valence-electron chi connectivity index (χ2n) is 4.57. The molecule has 5 nitrogen and oxygen atoms in total. The minimum Gasteiger partial charge on any atom is -0.444 e. The molecule has 1 aromatic rings. The zero-order valence-corrected chi connectivity index (χ0v) is 10.9. The predicted octanol–water partition coefficient (Wildman–Crippen LogP) is 1.74. The number of hydrogen-bond donors (Lipinski definition) is 1. The van der Waals surface area contributed by atoms with E-state index >= 15 is 0 Å². The maximum atomic E-state index is 11.3. The highest BCUT2D eigenvalue weighted by molar-refractivity contribution is 5.67. The molecule has 5 heteroatoms. The summed E-state index contributed by atoms with van der Waals surface area (Å²) >= 11 is 0. The van der Waals surface area contributed by atoms with Crippen molar-refractivity contribution in [1.82, 2.24) is 15.3 Å². The van der Waals surface area contributed by atoms with E-state index in [1.807, 2.05) is 20.8 Å². The lowest BCUT2D eigenvalue weighted by atomic mass is 10.2. The third-order valence-corrected chi connectivity index (χ3v) is 1.70. The number of aromatic nitrogens is 2. The van der Waals surface area contributed by atoms with Gasteiger partial charge in [-0.15, -0.1) is 0 Å². The summed E-state index contributed by atoms with van der Waals surface area (Å²) < 4.78 is 5.08. The van der Waals surface area contributed by atoms with Crippen LogP contribution >= 0.6 is 0 Å². The highest BCUT2D eigenvalue weighted by atomic mass is 16.6. The topological polar surface area (TPSA) is 64.1 Å². The largest absolute Gasteiger partial charge is 0.444 e. The summed E-state index contributed by atoms with van der Waals surface area (Å²) in [5.74, 6) is 5.75. The maximum Gasteiger partial charge on any atom is 0.407 e. The van der Waals surface area contributed by atoms with Crippen LogP contribution in [-0.4, -0.2) is 28.2 Å². The van der Waals surface area contributed by atoms with Crippen molar-refractivity contribution in [2.75, 3.05) is 6.54 Å². The minimum atomic E-state index is -0.477. The third-order valence-electron chi connectivity index (χ3n) is 1.70. The minimum absolute atomic E-state index is 0.427. The molecule has 0 aliphatic rings. The first-order valence-electron chi connectivity index (χ1n) is 5.69. The Morgan fingerprint density at radius 3 is 2.83 bits per heavy atom. The Balaban J connectivity index is 2.24. The summed E-state index contributed by atoms with van der Waals surface area (Å²) in [6, 6.07) is 0. The van der Waals surface area contributed by atoms with Crippen LogP contribution in [0.15, 0.2) is 18.6 Å². The van der Waals surface area contributed by atoms with Crippen LogP contribution in [0, 0.1) is 11.8 Å². The first kappa shape index (κ1) is 14.0. The average molecular weight is 247 g/mol. The lowest BCUT2D eigenvalue weighted by Gasteiger charge is -2.19. The number of rotatable bonds is 2. The van der Waals surface area contributed by atoms with Crippen LogP contribution in [0.3, 0.4) is 0 Å². The normalized spacial score (nSPS) is 10.2. The second-order valence-corrected chi connectivity index (χ2v) is 4.57. The van der Waals surface area contributed by atoms with Gasteiger partial charge in [-0.25, -0.2) is 9.78 Å². The van der Waals surface area contributed by atoms with Crippen LogP contribution < -0.4 is 5.32 Å². The molecule has 0 bridgehead atoms. The van der Waals surface area contributed by atoms with Gasteiger partial charge >= 0.3 is 6.09 Å². The average Bonchev–Trinajstić information content (AvgIpc) is 2.27. The zero-order valence-electron chi connectivity index (χ0n) is 10.9. The SMILES string of the molecule is CC(C)(C)OC(=O)NCCC#Cc1cnccn1. The lowest BCUT2D eigenvalue weighted by Crippen LogP contribution is -2.32. The summed E-state index contributed by atoms with van der Waals surface area (Å²) in [5.41, 5.74) is 0.143. The summed E-state index contributed by atoms with van der Waals surface area (Å²) in [7, 11) is 0. The molecule has 1 N–H and O–H groups in total. The first-order valence-corrected chi connectivity index (χ1v) is 5.69. The van der Waals surface area contributed by atoms with Crippen LogP contribution in [0.1, 0.15) is 32.9 Å². The molecular weight excluding hydrogens is 230 g/mol. The number of ether oxygens (including phenoxy) is 1. The molecule has 1 heterocycles. The number of carbonyl (C=O) groups is 1. The molecule has 0 aliphatic carbocycles. The van der Waals surface area contributed by atoms with Crippen molar-refractivity contribution in [2.24, 2.45) is 0 Å². The van der Waals surface area contributed by atoms with Gasteiger partial charge in [0, 0.05) is 25.4 Å². The molecule has 0 atom stereocenters. The molecule has 0 aliphatic heterocycles. The van der Waals surface area contributed by atoms with Crippen molar-refractivity contribution in [1.29, 1.82) is 0 Å². The van der Waals surface area contributed by atoms with Crippen molar-refractivity contribution in [3.05, 3.63) is 24.3 Å². The van der Waals surface area contributed by atoms with Gasteiger partial charge in [0.05, 0.1) is 6.20 Å². The molecule has 0 fully saturated rings. The summed E-state index contributed by atoms with van der Waals surface area (Å²) in [5, 5.41) is 2.63. The van der Waals surface area contributed by atoms with Crippen molar-refractivity contribution >= 4 is 6.09 Å². The van der Waals surface area contributed by atoms with E-state index in [1.165, 1.54) is 0 Å². The van der Waals surface area contributed by atoms with E-state index in [2.05, 4.69) is 27.1 Å². The van der Waals surface area contributed by atoms with E-state index in [-0.39, 0.29) is 0 Å². The number of alkyl carbamates (subject to hydrolysis) is 1. The van der Waals surface area contributed by atoms with Gasteiger partial charge in [-0.2, -0.15) is 0 Å². The van der Waals surface area contributed by atoms with Gasteiger partial charge in [0.25, 0.3) is 0 Å². The molecule has 0 saturated carbocycles. The number of nitrogens with zero attached hydrogens (tertiary/aromatic N) is 2. The lowest BCUT2D eigenvalue weighted by molar-refractivity contribution is 0.0529. The summed E-state index contributed by atoms with van der Waals surface area (Å²) in [6.45, 7) is 5.91. The van der Waals surface area contributed by atoms with E-state index < -0.39 is 11.7 Å². The van der Waals surface area contributed by atoms with Gasteiger partial charge in [-0.05, 0) is 26.7 Å². The quantitative estimate of drug-likeness (QED) is 0.638. The van der Waals surface area contributed by atoms with Gasteiger partial charge in [0.1, 0.15) is 11.3 Å². The van der Waals surface area contributed by atoms with E-state index in [0.29, 0.717) is 18.7 Å². The highest BCUT2D eigenvalue weighted by Gasteiger charge is 2.15. The van der Waals surface area contributed by atoms with E-state index in [0.717, 1.165) is 0 Å². The van der Waals surface area contributed by atoms with Crippen LogP contribution in [-0.2, 0) is 4.74 Å². The van der Waals surface area contributed by atoms with Gasteiger partial charge < -0.3 is 10.1 Å². The second kappa shape index (κ2) is 6.60. The smallest absolute Gasteiger partial charge is 0.407 e. The highest BCUT2D eigenvalue weighted by Crippen LogP contribution is 2.06.